The van der Waals surface area contributed by atoms with E-state index in [-0.39, 0.29) is 0 Å². The molecule has 0 saturated heterocycles. The molecule has 1 aliphatic carbocycles. The van der Waals surface area contributed by atoms with Gasteiger partial charge in [-0.05, 0) is 25.8 Å². The van der Waals surface area contributed by atoms with E-state index in [1.807, 2.05) is 6.26 Å². The van der Waals surface area contributed by atoms with Gasteiger partial charge < -0.3 is 5.32 Å². The van der Waals surface area contributed by atoms with Gasteiger partial charge in [0.25, 0.3) is 0 Å². The van der Waals surface area contributed by atoms with E-state index in [1.165, 1.54) is 12.8 Å². The van der Waals surface area contributed by atoms with Crippen LogP contribution >= 0.6 is 0 Å². The van der Waals surface area contributed by atoms with Crippen molar-refractivity contribution in [1.29, 1.82) is 0 Å². The Bertz CT molecular complexity index is 159. The van der Waals surface area contributed by atoms with E-state index in [1.54, 1.807) is 0 Å². The molecule has 1 aliphatic rings. The zero-order valence-corrected chi connectivity index (χ0v) is 8.82. The minimum atomic E-state index is -0.616. The Balaban J connectivity index is 2.35. The molecule has 0 bridgehead atoms. The van der Waals surface area contributed by atoms with Gasteiger partial charge in [0.15, 0.2) is 0 Å². The number of rotatable bonds is 3. The molecular formula is C9H19NOS. The summed E-state index contributed by atoms with van der Waals surface area (Å²) in [5.74, 6) is 0. The zero-order valence-electron chi connectivity index (χ0n) is 8.01. The van der Waals surface area contributed by atoms with Gasteiger partial charge >= 0.3 is 0 Å². The lowest BCUT2D eigenvalue weighted by atomic mass is 9.95. The monoisotopic (exact) mass is 189 g/mol. The molecule has 1 fully saturated rings. The van der Waals surface area contributed by atoms with Crippen LogP contribution in [0, 0.1) is 0 Å². The molecule has 1 N–H and O–H groups in total. The van der Waals surface area contributed by atoms with E-state index in [9.17, 15) is 4.21 Å². The van der Waals surface area contributed by atoms with Crippen molar-refractivity contribution in [2.24, 2.45) is 0 Å². The van der Waals surface area contributed by atoms with Crippen molar-refractivity contribution in [3.05, 3.63) is 0 Å². The van der Waals surface area contributed by atoms with E-state index in [0.29, 0.717) is 11.3 Å². The highest BCUT2D eigenvalue weighted by atomic mass is 32.2. The maximum atomic E-state index is 11.2. The minimum Gasteiger partial charge on any atom is -0.314 e. The maximum absolute atomic E-state index is 11.2. The van der Waals surface area contributed by atoms with Gasteiger partial charge in [0, 0.05) is 28.3 Å². The van der Waals surface area contributed by atoms with Crippen molar-refractivity contribution in [3.8, 4) is 0 Å². The summed E-state index contributed by atoms with van der Waals surface area (Å²) in [5.41, 5.74) is 0. The van der Waals surface area contributed by atoms with Gasteiger partial charge in [0.1, 0.15) is 0 Å². The van der Waals surface area contributed by atoms with Crippen LogP contribution in [-0.4, -0.2) is 28.3 Å². The molecule has 0 aliphatic heterocycles. The normalized spacial score (nSPS) is 33.2. The third kappa shape index (κ3) is 2.87. The summed E-state index contributed by atoms with van der Waals surface area (Å²) in [5, 5.41) is 3.88. The molecule has 0 aromatic heterocycles. The average Bonchev–Trinajstić information content (AvgIpc) is 2.05. The van der Waals surface area contributed by atoms with Crippen LogP contribution in [0.5, 0.6) is 0 Å². The Hall–Kier alpha value is 0.110. The summed E-state index contributed by atoms with van der Waals surface area (Å²) in [6.45, 7) is 3.17. The van der Waals surface area contributed by atoms with Crippen LogP contribution in [0.4, 0.5) is 0 Å². The third-order valence-corrected chi connectivity index (χ3v) is 3.96. The summed E-state index contributed by atoms with van der Waals surface area (Å²) < 4.78 is 11.2. The standard InChI is InChI=1S/C9H19NOS/c1-3-10-8-5-4-6-9(7-8)12(2)11/h8-10H,3-7H2,1-2H3. The zero-order chi connectivity index (χ0) is 8.97. The molecule has 0 aromatic rings. The molecule has 3 atom stereocenters. The van der Waals surface area contributed by atoms with Crippen molar-refractivity contribution in [2.75, 3.05) is 12.8 Å². The van der Waals surface area contributed by atoms with Gasteiger partial charge in [-0.25, -0.2) is 0 Å². The van der Waals surface area contributed by atoms with E-state index in [2.05, 4.69) is 12.2 Å². The van der Waals surface area contributed by atoms with Crippen molar-refractivity contribution >= 4 is 10.8 Å². The van der Waals surface area contributed by atoms with Crippen LogP contribution in [0.3, 0.4) is 0 Å². The van der Waals surface area contributed by atoms with Gasteiger partial charge in [-0.15, -0.1) is 0 Å². The second-order valence-corrected chi connectivity index (χ2v) is 5.21. The second kappa shape index (κ2) is 4.97. The van der Waals surface area contributed by atoms with Crippen molar-refractivity contribution in [1.82, 2.24) is 5.32 Å². The Morgan fingerprint density at radius 3 is 2.83 bits per heavy atom. The third-order valence-electron chi connectivity index (χ3n) is 2.59. The van der Waals surface area contributed by atoms with Gasteiger partial charge in [0.05, 0.1) is 0 Å². The molecule has 0 aromatic carbocycles. The SMILES string of the molecule is CCNC1CCCC(S(C)=O)C1. The first-order valence-corrected chi connectivity index (χ1v) is 6.41. The van der Waals surface area contributed by atoms with Crippen molar-refractivity contribution in [3.63, 3.8) is 0 Å². The molecule has 0 radical (unpaired) electrons. The van der Waals surface area contributed by atoms with Crippen LogP contribution in [0.25, 0.3) is 0 Å². The van der Waals surface area contributed by atoms with E-state index >= 15 is 0 Å². The van der Waals surface area contributed by atoms with Crippen molar-refractivity contribution < 1.29 is 4.21 Å². The minimum absolute atomic E-state index is 0.447. The van der Waals surface area contributed by atoms with Gasteiger partial charge in [0.2, 0.25) is 0 Å². The predicted octanol–water partition coefficient (Wildman–Crippen LogP) is 1.29. The quantitative estimate of drug-likeness (QED) is 0.725. The average molecular weight is 189 g/mol. The van der Waals surface area contributed by atoms with E-state index < -0.39 is 10.8 Å². The fraction of sp³-hybridized carbons (Fsp3) is 1.00. The predicted molar refractivity (Wildman–Crippen MR) is 53.8 cm³/mol. The van der Waals surface area contributed by atoms with E-state index in [0.717, 1.165) is 19.4 Å². The first kappa shape index (κ1) is 10.2. The molecule has 3 heteroatoms. The summed E-state index contributed by atoms with van der Waals surface area (Å²) in [6.07, 6.45) is 6.60. The number of hydrogen-bond acceptors (Lipinski definition) is 2. The highest BCUT2D eigenvalue weighted by molar-refractivity contribution is 7.84. The summed E-state index contributed by atoms with van der Waals surface area (Å²) in [4.78, 5) is 0. The highest BCUT2D eigenvalue weighted by Crippen LogP contribution is 2.21. The van der Waals surface area contributed by atoms with Crippen LogP contribution in [0.1, 0.15) is 32.6 Å². The molecule has 3 unspecified atom stereocenters. The Morgan fingerprint density at radius 1 is 1.50 bits per heavy atom. The van der Waals surface area contributed by atoms with Crippen LogP contribution in [-0.2, 0) is 10.8 Å². The first-order chi connectivity index (χ1) is 5.74. The maximum Gasteiger partial charge on any atom is 0.0360 e. The van der Waals surface area contributed by atoms with Crippen LogP contribution in [0.2, 0.25) is 0 Å². The molecule has 2 nitrogen and oxygen atoms in total. The first-order valence-electron chi connectivity index (χ1n) is 4.79. The van der Waals surface area contributed by atoms with Gasteiger partial charge in [-0.3, -0.25) is 4.21 Å². The lowest BCUT2D eigenvalue weighted by Crippen LogP contribution is -2.37. The largest absolute Gasteiger partial charge is 0.314 e. The molecule has 1 saturated carbocycles. The van der Waals surface area contributed by atoms with Crippen molar-refractivity contribution in [2.45, 2.75) is 43.9 Å². The van der Waals surface area contributed by atoms with Gasteiger partial charge in [-0.2, -0.15) is 0 Å². The summed E-state index contributed by atoms with van der Waals surface area (Å²) in [7, 11) is -0.616. The lowest BCUT2D eigenvalue weighted by Gasteiger charge is -2.28. The van der Waals surface area contributed by atoms with Crippen LogP contribution < -0.4 is 5.32 Å². The Morgan fingerprint density at radius 2 is 2.25 bits per heavy atom. The molecule has 72 valence electrons. The summed E-state index contributed by atoms with van der Waals surface area (Å²) in [6, 6.07) is 0.623. The number of nitrogens with one attached hydrogen (secondary N) is 1. The highest BCUT2D eigenvalue weighted by Gasteiger charge is 2.23. The molecule has 0 amide bonds. The lowest BCUT2D eigenvalue weighted by molar-refractivity contribution is 0.384. The molecule has 12 heavy (non-hydrogen) atoms. The molecule has 0 heterocycles. The summed E-state index contributed by atoms with van der Waals surface area (Å²) >= 11 is 0. The fourth-order valence-corrected chi connectivity index (χ4v) is 2.92. The molecular weight excluding hydrogens is 170 g/mol. The fourth-order valence-electron chi connectivity index (χ4n) is 1.92. The number of hydrogen-bond donors (Lipinski definition) is 1. The van der Waals surface area contributed by atoms with Crippen LogP contribution in [0.15, 0.2) is 0 Å². The Labute approximate surface area is 77.6 Å². The Kier molecular flexibility index (Phi) is 4.22. The van der Waals surface area contributed by atoms with Gasteiger partial charge in [-0.1, -0.05) is 13.3 Å². The second-order valence-electron chi connectivity index (χ2n) is 3.54. The topological polar surface area (TPSA) is 29.1 Å². The molecule has 0 spiro atoms. The molecule has 1 rings (SSSR count). The van der Waals surface area contributed by atoms with E-state index in [4.69, 9.17) is 0 Å². The smallest absolute Gasteiger partial charge is 0.0360 e.